The average Bonchev–Trinajstić information content (AvgIpc) is 2.88. The smallest absolute Gasteiger partial charge is 0.355 e. The number of aliphatic imine (C=N–C) groups is 1. The van der Waals surface area contributed by atoms with Gasteiger partial charge in [0.05, 0.1) is 13.1 Å². The van der Waals surface area contributed by atoms with Crippen LogP contribution in [0, 0.1) is 0 Å². The van der Waals surface area contributed by atoms with Crippen LogP contribution in [0.15, 0.2) is 17.1 Å². The molecule has 0 aliphatic carbocycles. The number of likely N-dealkylation sites (N-methyl/N-ethyl adjacent to an activating group) is 1. The van der Waals surface area contributed by atoms with Crippen molar-refractivity contribution in [3.05, 3.63) is 21.9 Å². The number of nitrogens with zero attached hydrogens (tertiary/aromatic N) is 2. The van der Waals surface area contributed by atoms with E-state index in [9.17, 15) is 13.2 Å². The SMILES string of the molecule is CCc1ccc(CNC(=NC)NCCN(C)CC(F)(F)F)s1.I. The van der Waals surface area contributed by atoms with E-state index in [2.05, 4.69) is 34.7 Å². The topological polar surface area (TPSA) is 39.7 Å². The monoisotopic (exact) mass is 464 g/mol. The summed E-state index contributed by atoms with van der Waals surface area (Å²) >= 11 is 1.74. The maximum atomic E-state index is 12.2. The fourth-order valence-electron chi connectivity index (χ4n) is 1.85. The van der Waals surface area contributed by atoms with Crippen LogP contribution < -0.4 is 10.6 Å². The van der Waals surface area contributed by atoms with Crippen LogP contribution in [0.25, 0.3) is 0 Å². The highest BCUT2D eigenvalue weighted by Crippen LogP contribution is 2.16. The highest BCUT2D eigenvalue weighted by Gasteiger charge is 2.28. The summed E-state index contributed by atoms with van der Waals surface area (Å²) in [7, 11) is 3.09. The largest absolute Gasteiger partial charge is 0.401 e. The van der Waals surface area contributed by atoms with Crippen LogP contribution in [0.3, 0.4) is 0 Å². The second-order valence-electron chi connectivity index (χ2n) is 4.93. The van der Waals surface area contributed by atoms with Gasteiger partial charge < -0.3 is 10.6 Å². The van der Waals surface area contributed by atoms with Gasteiger partial charge in [0.1, 0.15) is 0 Å². The minimum absolute atomic E-state index is 0. The summed E-state index contributed by atoms with van der Waals surface area (Å²) in [5.41, 5.74) is 0. The van der Waals surface area contributed by atoms with Crippen LogP contribution in [-0.4, -0.2) is 50.8 Å². The van der Waals surface area contributed by atoms with Crippen molar-refractivity contribution in [2.24, 2.45) is 4.99 Å². The number of thiophene rings is 1. The Morgan fingerprint density at radius 2 is 1.91 bits per heavy atom. The second kappa shape index (κ2) is 11.1. The molecule has 0 saturated carbocycles. The number of rotatable bonds is 7. The van der Waals surface area contributed by atoms with Gasteiger partial charge in [-0.05, 0) is 25.6 Å². The lowest BCUT2D eigenvalue weighted by molar-refractivity contribution is -0.142. The van der Waals surface area contributed by atoms with Crippen molar-refractivity contribution in [1.29, 1.82) is 0 Å². The molecule has 1 aromatic rings. The van der Waals surface area contributed by atoms with Gasteiger partial charge >= 0.3 is 6.18 Å². The van der Waals surface area contributed by atoms with Gasteiger partial charge in [0.2, 0.25) is 0 Å². The first-order valence-corrected chi connectivity index (χ1v) is 7.93. The summed E-state index contributed by atoms with van der Waals surface area (Å²) in [5.74, 6) is 0.590. The first kappa shape index (κ1) is 22.4. The number of nitrogens with one attached hydrogen (secondary N) is 2. The molecular weight excluding hydrogens is 440 g/mol. The lowest BCUT2D eigenvalue weighted by Crippen LogP contribution is -2.42. The first-order chi connectivity index (χ1) is 10.3. The standard InChI is InChI=1S/C14H23F3N4S.HI/c1-4-11-5-6-12(22-11)9-20-13(18-2)19-7-8-21(3)10-14(15,16)17;/h5-6H,4,7-10H2,1-3H3,(H2,18,19,20);1H. The van der Waals surface area contributed by atoms with E-state index in [0.717, 1.165) is 6.42 Å². The molecular formula is C14H24F3IN4S. The molecule has 4 nitrogen and oxygen atoms in total. The number of hydrogen-bond acceptors (Lipinski definition) is 3. The lowest BCUT2D eigenvalue weighted by atomic mass is 10.4. The van der Waals surface area contributed by atoms with Gasteiger partial charge in [-0.15, -0.1) is 35.3 Å². The van der Waals surface area contributed by atoms with Crippen LogP contribution in [0.5, 0.6) is 0 Å². The van der Waals surface area contributed by atoms with Crippen LogP contribution in [0.2, 0.25) is 0 Å². The molecule has 0 aliphatic heterocycles. The zero-order chi connectivity index (χ0) is 16.6. The van der Waals surface area contributed by atoms with Gasteiger partial charge in [-0.1, -0.05) is 6.92 Å². The average molecular weight is 464 g/mol. The highest BCUT2D eigenvalue weighted by atomic mass is 127. The molecule has 134 valence electrons. The third-order valence-electron chi connectivity index (χ3n) is 2.95. The van der Waals surface area contributed by atoms with Crippen molar-refractivity contribution >= 4 is 41.3 Å². The lowest BCUT2D eigenvalue weighted by Gasteiger charge is -2.19. The fourth-order valence-corrected chi connectivity index (χ4v) is 2.75. The van der Waals surface area contributed by atoms with Crippen molar-refractivity contribution < 1.29 is 13.2 Å². The molecule has 0 atom stereocenters. The molecule has 23 heavy (non-hydrogen) atoms. The predicted molar refractivity (Wildman–Crippen MR) is 101 cm³/mol. The Balaban J connectivity index is 0.00000484. The number of halogens is 4. The molecule has 0 unspecified atom stereocenters. The van der Waals surface area contributed by atoms with Crippen LogP contribution in [0.1, 0.15) is 16.7 Å². The summed E-state index contributed by atoms with van der Waals surface area (Å²) in [6.07, 6.45) is -3.14. The fraction of sp³-hybridized carbons (Fsp3) is 0.643. The molecule has 0 saturated heterocycles. The van der Waals surface area contributed by atoms with E-state index in [-0.39, 0.29) is 24.0 Å². The van der Waals surface area contributed by atoms with Crippen LogP contribution in [-0.2, 0) is 13.0 Å². The Bertz CT molecular complexity index is 477. The molecule has 2 N–H and O–H groups in total. The second-order valence-corrected chi connectivity index (χ2v) is 6.18. The molecule has 0 aromatic carbocycles. The van der Waals surface area contributed by atoms with Crippen molar-refractivity contribution in [2.45, 2.75) is 26.1 Å². The normalized spacial score (nSPS) is 12.2. The Kier molecular flexibility index (Phi) is 10.8. The highest BCUT2D eigenvalue weighted by molar-refractivity contribution is 14.0. The van der Waals surface area contributed by atoms with Crippen molar-refractivity contribution in [3.63, 3.8) is 0 Å². The number of aryl methyl sites for hydroxylation is 1. The summed E-state index contributed by atoms with van der Waals surface area (Å²) < 4.78 is 36.6. The molecule has 0 radical (unpaired) electrons. The quantitative estimate of drug-likeness (QED) is 0.370. The molecule has 9 heteroatoms. The maximum absolute atomic E-state index is 12.2. The third-order valence-corrected chi connectivity index (χ3v) is 4.18. The Hall–Kier alpha value is -0.550. The number of guanidine groups is 1. The van der Waals surface area contributed by atoms with E-state index >= 15 is 0 Å². The Labute approximate surface area is 156 Å². The van der Waals surface area contributed by atoms with Crippen LogP contribution in [0.4, 0.5) is 13.2 Å². The maximum Gasteiger partial charge on any atom is 0.401 e. The minimum Gasteiger partial charge on any atom is -0.355 e. The van der Waals surface area contributed by atoms with E-state index in [4.69, 9.17) is 0 Å². The van der Waals surface area contributed by atoms with Gasteiger partial charge in [0, 0.05) is 29.9 Å². The van der Waals surface area contributed by atoms with Gasteiger partial charge in [0.25, 0.3) is 0 Å². The molecule has 0 bridgehead atoms. The first-order valence-electron chi connectivity index (χ1n) is 7.11. The zero-order valence-electron chi connectivity index (χ0n) is 13.5. The Morgan fingerprint density at radius 1 is 1.26 bits per heavy atom. The van der Waals surface area contributed by atoms with Crippen molar-refractivity contribution in [2.75, 3.05) is 33.7 Å². The van der Waals surface area contributed by atoms with Gasteiger partial charge in [-0.3, -0.25) is 9.89 Å². The van der Waals surface area contributed by atoms with Gasteiger partial charge in [-0.25, -0.2) is 0 Å². The molecule has 0 aliphatic rings. The van der Waals surface area contributed by atoms with E-state index in [1.54, 1.807) is 18.4 Å². The summed E-state index contributed by atoms with van der Waals surface area (Å²) in [5, 5.41) is 6.17. The summed E-state index contributed by atoms with van der Waals surface area (Å²) in [4.78, 5) is 7.82. The van der Waals surface area contributed by atoms with Crippen molar-refractivity contribution in [3.8, 4) is 0 Å². The molecule has 1 heterocycles. The van der Waals surface area contributed by atoms with E-state index < -0.39 is 12.7 Å². The summed E-state index contributed by atoms with van der Waals surface area (Å²) in [6.45, 7) is 2.55. The number of alkyl halides is 3. The molecule has 1 aromatic heterocycles. The molecule has 1 rings (SSSR count). The molecule has 0 spiro atoms. The predicted octanol–water partition coefficient (Wildman–Crippen LogP) is 3.09. The molecule has 0 fully saturated rings. The number of hydrogen-bond donors (Lipinski definition) is 2. The van der Waals surface area contributed by atoms with E-state index in [1.807, 2.05) is 0 Å². The van der Waals surface area contributed by atoms with Gasteiger partial charge in [-0.2, -0.15) is 13.2 Å². The minimum atomic E-state index is -4.16. The van der Waals surface area contributed by atoms with Crippen LogP contribution >= 0.6 is 35.3 Å². The van der Waals surface area contributed by atoms with Gasteiger partial charge in [0.15, 0.2) is 5.96 Å². The zero-order valence-corrected chi connectivity index (χ0v) is 16.7. The molecule has 0 amide bonds. The summed E-state index contributed by atoms with van der Waals surface area (Å²) in [6, 6.07) is 4.17. The van der Waals surface area contributed by atoms with E-state index in [0.29, 0.717) is 25.6 Å². The Morgan fingerprint density at radius 3 is 2.43 bits per heavy atom. The van der Waals surface area contributed by atoms with Crippen molar-refractivity contribution in [1.82, 2.24) is 15.5 Å². The third kappa shape index (κ3) is 10.0. The van der Waals surface area contributed by atoms with E-state index in [1.165, 1.54) is 21.7 Å².